The number of nitrogens with zero attached hydrogens (tertiary/aromatic N) is 1. The van der Waals surface area contributed by atoms with Crippen LogP contribution in [0.15, 0.2) is 0 Å². The molecule has 0 bridgehead atoms. The number of hydrogen-bond donors (Lipinski definition) is 1. The van der Waals surface area contributed by atoms with E-state index in [1.807, 2.05) is 4.31 Å². The summed E-state index contributed by atoms with van der Waals surface area (Å²) < 4.78 is 24.8. The van der Waals surface area contributed by atoms with Crippen LogP contribution < -0.4 is 0 Å². The third kappa shape index (κ3) is 2.98. The fraction of sp³-hybridized carbons (Fsp3) is 1.00. The van der Waals surface area contributed by atoms with Crippen LogP contribution in [-0.2, 0) is 10.9 Å². The molecule has 0 saturated heterocycles. The minimum atomic E-state index is -2.38. The van der Waals surface area contributed by atoms with E-state index in [0.717, 1.165) is 25.7 Å². The number of hydrogen-bond acceptors (Lipinski definition) is 2. The van der Waals surface area contributed by atoms with Gasteiger partial charge in [-0.2, -0.15) is 4.31 Å². The van der Waals surface area contributed by atoms with Gasteiger partial charge in [-0.3, -0.25) is 0 Å². The van der Waals surface area contributed by atoms with Gasteiger partial charge >= 0.3 is 0 Å². The Morgan fingerprint density at radius 2 is 1.06 bits per heavy atom. The summed E-state index contributed by atoms with van der Waals surface area (Å²) >= 11 is 0. The highest BCUT2D eigenvalue weighted by Gasteiger charge is 2.30. The fourth-order valence-corrected chi connectivity index (χ4v) is 4.25. The summed E-state index contributed by atoms with van der Waals surface area (Å²) in [5, 5.41) is 0. The Bertz CT molecular complexity index is 253. The van der Waals surface area contributed by atoms with E-state index in [2.05, 4.69) is 0 Å². The van der Waals surface area contributed by atoms with Crippen LogP contribution in [0, 0.1) is 0 Å². The van der Waals surface area contributed by atoms with Crippen molar-refractivity contribution in [2.24, 2.45) is 0 Å². The summed E-state index contributed by atoms with van der Waals surface area (Å²) in [5.74, 6) is 0. The van der Waals surface area contributed by atoms with Gasteiger partial charge in [0.05, 0.1) is 0 Å². The maximum absolute atomic E-state index is 11.5. The van der Waals surface area contributed by atoms with Crippen LogP contribution in [0.4, 0.5) is 0 Å². The van der Waals surface area contributed by atoms with Crippen molar-refractivity contribution in [2.75, 3.05) is 0 Å². The van der Waals surface area contributed by atoms with Crippen molar-refractivity contribution in [1.82, 2.24) is 4.31 Å². The van der Waals surface area contributed by atoms with E-state index in [1.54, 1.807) is 0 Å². The smallest absolute Gasteiger partial charge is 0.204 e. The summed E-state index contributed by atoms with van der Waals surface area (Å²) in [7, 11) is -2.38. The second kappa shape index (κ2) is 6.01. The molecule has 94 valence electrons. The molecule has 0 aromatic rings. The van der Waals surface area contributed by atoms with Crippen LogP contribution in [0.1, 0.15) is 64.2 Å². The molecule has 0 N–H and O–H groups in total. The predicted octanol–water partition coefficient (Wildman–Crippen LogP) is 2.48. The Morgan fingerprint density at radius 1 is 0.688 bits per heavy atom. The van der Waals surface area contributed by atoms with Gasteiger partial charge in [0.25, 0.3) is 0 Å². The lowest BCUT2D eigenvalue weighted by molar-refractivity contribution is 0.174. The standard InChI is InChI=1S/C12H23NO2S/c14-16(15)13(11-7-3-1-4-8-11)12-9-5-2-6-10-12/h11-12,16H,1-10H2. The average molecular weight is 245 g/mol. The number of thiol groups is 1. The highest BCUT2D eigenvalue weighted by molar-refractivity contribution is 7.69. The third-order valence-electron chi connectivity index (χ3n) is 4.09. The van der Waals surface area contributed by atoms with Gasteiger partial charge < -0.3 is 0 Å². The van der Waals surface area contributed by atoms with E-state index in [1.165, 1.54) is 38.5 Å². The quantitative estimate of drug-likeness (QED) is 0.776. The fourth-order valence-electron chi connectivity index (χ4n) is 3.26. The van der Waals surface area contributed by atoms with Crippen molar-refractivity contribution >= 4 is 10.9 Å². The molecular weight excluding hydrogens is 222 g/mol. The van der Waals surface area contributed by atoms with E-state index in [0.29, 0.717) is 12.1 Å². The van der Waals surface area contributed by atoms with Gasteiger partial charge in [-0.25, -0.2) is 8.42 Å². The number of rotatable bonds is 3. The first-order valence-corrected chi connectivity index (χ1v) is 7.84. The van der Waals surface area contributed by atoms with Gasteiger partial charge in [-0.05, 0) is 25.7 Å². The molecule has 0 atom stereocenters. The van der Waals surface area contributed by atoms with Crippen molar-refractivity contribution in [1.29, 1.82) is 0 Å². The molecule has 0 aromatic carbocycles. The summed E-state index contributed by atoms with van der Waals surface area (Å²) in [4.78, 5) is 0. The molecule has 0 heterocycles. The predicted molar refractivity (Wildman–Crippen MR) is 65.9 cm³/mol. The average Bonchev–Trinajstić information content (AvgIpc) is 2.31. The zero-order valence-electron chi connectivity index (χ0n) is 9.94. The summed E-state index contributed by atoms with van der Waals surface area (Å²) in [6.45, 7) is 0. The molecule has 4 heteroatoms. The highest BCUT2D eigenvalue weighted by atomic mass is 32.2. The van der Waals surface area contributed by atoms with E-state index in [9.17, 15) is 8.42 Å². The molecule has 2 saturated carbocycles. The van der Waals surface area contributed by atoms with E-state index in [-0.39, 0.29) is 0 Å². The van der Waals surface area contributed by atoms with E-state index in [4.69, 9.17) is 0 Å². The molecule has 2 aliphatic carbocycles. The Balaban J connectivity index is 2.02. The normalized spacial score (nSPS) is 25.4. The molecule has 16 heavy (non-hydrogen) atoms. The first-order valence-electron chi connectivity index (χ1n) is 6.71. The van der Waals surface area contributed by atoms with Gasteiger partial charge in [0.2, 0.25) is 10.9 Å². The lowest BCUT2D eigenvalue weighted by Gasteiger charge is -2.37. The Hall–Kier alpha value is -0.0900. The van der Waals surface area contributed by atoms with Crippen molar-refractivity contribution in [3.63, 3.8) is 0 Å². The molecule has 0 radical (unpaired) electrons. The summed E-state index contributed by atoms with van der Waals surface area (Å²) in [5.41, 5.74) is 0. The maximum Gasteiger partial charge on any atom is 0.204 e. The van der Waals surface area contributed by atoms with Crippen LogP contribution >= 0.6 is 0 Å². The Kier molecular flexibility index (Phi) is 4.65. The Morgan fingerprint density at radius 3 is 1.38 bits per heavy atom. The van der Waals surface area contributed by atoms with Gasteiger partial charge in [0.15, 0.2) is 0 Å². The largest absolute Gasteiger partial charge is 0.215 e. The van der Waals surface area contributed by atoms with E-state index < -0.39 is 10.9 Å². The van der Waals surface area contributed by atoms with Gasteiger partial charge in [-0.15, -0.1) is 0 Å². The van der Waals surface area contributed by atoms with Crippen LogP contribution in [0.5, 0.6) is 0 Å². The molecule has 2 fully saturated rings. The molecule has 0 unspecified atom stereocenters. The van der Waals surface area contributed by atoms with Gasteiger partial charge in [0, 0.05) is 12.1 Å². The van der Waals surface area contributed by atoms with Crippen LogP contribution in [-0.4, -0.2) is 24.8 Å². The molecule has 0 spiro atoms. The van der Waals surface area contributed by atoms with Crippen LogP contribution in [0.25, 0.3) is 0 Å². The van der Waals surface area contributed by atoms with Gasteiger partial charge in [0.1, 0.15) is 0 Å². The first kappa shape index (κ1) is 12.4. The molecule has 2 aliphatic rings. The lowest BCUT2D eigenvalue weighted by Crippen LogP contribution is -2.44. The SMILES string of the molecule is O=[SH](=O)N(C1CCCCC1)C1CCCCC1. The minimum absolute atomic E-state index is 0.318. The molecule has 0 aromatic heterocycles. The topological polar surface area (TPSA) is 37.4 Å². The van der Waals surface area contributed by atoms with Crippen molar-refractivity contribution < 1.29 is 8.42 Å². The zero-order chi connectivity index (χ0) is 11.4. The maximum atomic E-state index is 11.5. The summed E-state index contributed by atoms with van der Waals surface area (Å²) in [6.07, 6.45) is 11.7. The third-order valence-corrected chi connectivity index (χ3v) is 5.12. The Labute approximate surface area is 100 Å². The van der Waals surface area contributed by atoms with Crippen molar-refractivity contribution in [2.45, 2.75) is 76.3 Å². The molecule has 0 amide bonds. The second-order valence-electron chi connectivity index (χ2n) is 5.20. The zero-order valence-corrected chi connectivity index (χ0v) is 10.8. The van der Waals surface area contributed by atoms with Crippen molar-refractivity contribution in [3.8, 4) is 0 Å². The lowest BCUT2D eigenvalue weighted by atomic mass is 9.91. The monoisotopic (exact) mass is 245 g/mol. The second-order valence-corrected chi connectivity index (χ2v) is 6.14. The minimum Gasteiger partial charge on any atom is -0.215 e. The molecule has 3 nitrogen and oxygen atoms in total. The van der Waals surface area contributed by atoms with E-state index >= 15 is 0 Å². The summed E-state index contributed by atoms with van der Waals surface area (Å²) in [6, 6.07) is 0.635. The van der Waals surface area contributed by atoms with Crippen molar-refractivity contribution in [3.05, 3.63) is 0 Å². The van der Waals surface area contributed by atoms with Crippen LogP contribution in [0.2, 0.25) is 0 Å². The molecule has 2 rings (SSSR count). The van der Waals surface area contributed by atoms with Crippen LogP contribution in [0.3, 0.4) is 0 Å². The highest BCUT2D eigenvalue weighted by Crippen LogP contribution is 2.29. The molecular formula is C12H23NO2S. The molecule has 0 aliphatic heterocycles. The first-order chi connectivity index (χ1) is 7.79. The van der Waals surface area contributed by atoms with Gasteiger partial charge in [-0.1, -0.05) is 38.5 Å².